The SMILES string of the molecule is CN[C@@H]1CCC[C@H]1N(C)CCc1ccc(Cl)cc1. The molecule has 0 radical (unpaired) electrons. The maximum absolute atomic E-state index is 5.90. The summed E-state index contributed by atoms with van der Waals surface area (Å²) in [5.41, 5.74) is 1.37. The largest absolute Gasteiger partial charge is 0.315 e. The van der Waals surface area contributed by atoms with Gasteiger partial charge in [0.15, 0.2) is 0 Å². The Morgan fingerprint density at radius 2 is 2.00 bits per heavy atom. The molecule has 100 valence electrons. The molecule has 1 saturated carbocycles. The Morgan fingerprint density at radius 1 is 1.28 bits per heavy atom. The molecule has 0 aromatic heterocycles. The molecule has 1 aromatic rings. The summed E-state index contributed by atoms with van der Waals surface area (Å²) in [5, 5.41) is 4.26. The first-order chi connectivity index (χ1) is 8.70. The quantitative estimate of drug-likeness (QED) is 0.882. The van der Waals surface area contributed by atoms with Crippen molar-refractivity contribution in [2.24, 2.45) is 0 Å². The van der Waals surface area contributed by atoms with Crippen molar-refractivity contribution in [1.82, 2.24) is 10.2 Å². The minimum Gasteiger partial charge on any atom is -0.315 e. The summed E-state index contributed by atoms with van der Waals surface area (Å²) in [6, 6.07) is 9.56. The molecule has 1 N–H and O–H groups in total. The van der Waals surface area contributed by atoms with Crippen molar-refractivity contribution in [3.63, 3.8) is 0 Å². The summed E-state index contributed by atoms with van der Waals surface area (Å²) in [6.45, 7) is 1.12. The molecular formula is C15H23ClN2. The zero-order chi connectivity index (χ0) is 13.0. The van der Waals surface area contributed by atoms with Crippen LogP contribution < -0.4 is 5.32 Å². The molecule has 1 fully saturated rings. The topological polar surface area (TPSA) is 15.3 Å². The highest BCUT2D eigenvalue weighted by Crippen LogP contribution is 2.23. The predicted octanol–water partition coefficient (Wildman–Crippen LogP) is 2.95. The van der Waals surface area contributed by atoms with Crippen LogP contribution in [0.25, 0.3) is 0 Å². The van der Waals surface area contributed by atoms with Gasteiger partial charge in [0.05, 0.1) is 0 Å². The van der Waals surface area contributed by atoms with Crippen LogP contribution >= 0.6 is 11.6 Å². The zero-order valence-electron chi connectivity index (χ0n) is 11.3. The fraction of sp³-hybridized carbons (Fsp3) is 0.600. The number of nitrogens with zero attached hydrogens (tertiary/aromatic N) is 1. The molecule has 0 spiro atoms. The Balaban J connectivity index is 1.84. The second kappa shape index (κ2) is 6.55. The second-order valence-corrected chi connectivity index (χ2v) is 5.69. The van der Waals surface area contributed by atoms with E-state index >= 15 is 0 Å². The van der Waals surface area contributed by atoms with Crippen LogP contribution in [0.2, 0.25) is 5.02 Å². The average Bonchev–Trinajstić information content (AvgIpc) is 2.86. The maximum atomic E-state index is 5.90. The van der Waals surface area contributed by atoms with Crippen molar-refractivity contribution in [3.8, 4) is 0 Å². The van der Waals surface area contributed by atoms with Crippen molar-refractivity contribution < 1.29 is 0 Å². The van der Waals surface area contributed by atoms with Gasteiger partial charge in [0.1, 0.15) is 0 Å². The minimum atomic E-state index is 0.667. The van der Waals surface area contributed by atoms with E-state index in [4.69, 9.17) is 11.6 Å². The van der Waals surface area contributed by atoms with Gasteiger partial charge in [0.25, 0.3) is 0 Å². The zero-order valence-corrected chi connectivity index (χ0v) is 12.1. The van der Waals surface area contributed by atoms with E-state index in [0.29, 0.717) is 12.1 Å². The summed E-state index contributed by atoms with van der Waals surface area (Å²) in [5.74, 6) is 0. The van der Waals surface area contributed by atoms with Crippen LogP contribution in [-0.2, 0) is 6.42 Å². The second-order valence-electron chi connectivity index (χ2n) is 5.25. The number of benzene rings is 1. The standard InChI is InChI=1S/C15H23ClN2/c1-17-14-4-3-5-15(14)18(2)11-10-12-6-8-13(16)9-7-12/h6-9,14-15,17H,3-5,10-11H2,1-2H3/t14-,15-/m1/s1. The molecule has 1 aliphatic rings. The molecule has 3 heteroatoms. The van der Waals surface area contributed by atoms with E-state index in [9.17, 15) is 0 Å². The van der Waals surface area contributed by atoms with E-state index in [1.54, 1.807) is 0 Å². The molecule has 1 aliphatic carbocycles. The lowest BCUT2D eigenvalue weighted by Crippen LogP contribution is -2.44. The molecule has 0 amide bonds. The summed E-state index contributed by atoms with van der Waals surface area (Å²) >= 11 is 5.90. The normalized spacial score (nSPS) is 23.8. The number of halogens is 1. The van der Waals surface area contributed by atoms with Gasteiger partial charge in [-0.1, -0.05) is 30.2 Å². The fourth-order valence-corrected chi connectivity index (χ4v) is 3.05. The molecule has 2 nitrogen and oxygen atoms in total. The van der Waals surface area contributed by atoms with E-state index in [2.05, 4.69) is 36.4 Å². The molecule has 0 heterocycles. The van der Waals surface area contributed by atoms with E-state index in [0.717, 1.165) is 18.0 Å². The number of hydrogen-bond donors (Lipinski definition) is 1. The number of nitrogens with one attached hydrogen (secondary N) is 1. The van der Waals surface area contributed by atoms with Gasteiger partial charge in [-0.15, -0.1) is 0 Å². The minimum absolute atomic E-state index is 0.667. The van der Waals surface area contributed by atoms with E-state index < -0.39 is 0 Å². The first kappa shape index (κ1) is 13.9. The number of likely N-dealkylation sites (N-methyl/N-ethyl adjacent to an activating group) is 2. The van der Waals surface area contributed by atoms with Gasteiger partial charge in [0.2, 0.25) is 0 Å². The van der Waals surface area contributed by atoms with Gasteiger partial charge in [-0.3, -0.25) is 0 Å². The predicted molar refractivity (Wildman–Crippen MR) is 78.3 cm³/mol. The highest BCUT2D eigenvalue weighted by molar-refractivity contribution is 6.30. The molecule has 18 heavy (non-hydrogen) atoms. The Morgan fingerprint density at radius 3 is 2.67 bits per heavy atom. The molecule has 2 atom stereocenters. The summed E-state index contributed by atoms with van der Waals surface area (Å²) in [4.78, 5) is 2.50. The third-order valence-corrected chi connectivity index (χ3v) is 4.33. The van der Waals surface area contributed by atoms with Crippen molar-refractivity contribution in [2.75, 3.05) is 20.6 Å². The van der Waals surface area contributed by atoms with Crippen LogP contribution in [0, 0.1) is 0 Å². The third kappa shape index (κ3) is 3.47. The van der Waals surface area contributed by atoms with Crippen molar-refractivity contribution >= 4 is 11.6 Å². The van der Waals surface area contributed by atoms with Crippen LogP contribution in [0.4, 0.5) is 0 Å². The Hall–Kier alpha value is -0.570. The van der Waals surface area contributed by atoms with Gasteiger partial charge in [-0.05, 0) is 51.1 Å². The lowest BCUT2D eigenvalue weighted by atomic mass is 10.1. The molecule has 2 rings (SSSR count). The van der Waals surface area contributed by atoms with Gasteiger partial charge >= 0.3 is 0 Å². The van der Waals surface area contributed by atoms with E-state index in [1.807, 2.05) is 12.1 Å². The molecule has 0 unspecified atom stereocenters. The monoisotopic (exact) mass is 266 g/mol. The lowest BCUT2D eigenvalue weighted by Gasteiger charge is -2.29. The van der Waals surface area contributed by atoms with E-state index in [-0.39, 0.29) is 0 Å². The Bertz CT molecular complexity index is 363. The smallest absolute Gasteiger partial charge is 0.0406 e. The van der Waals surface area contributed by atoms with Crippen LogP contribution in [0.5, 0.6) is 0 Å². The van der Waals surface area contributed by atoms with E-state index in [1.165, 1.54) is 24.8 Å². The summed E-state index contributed by atoms with van der Waals surface area (Å²) in [7, 11) is 4.33. The average molecular weight is 267 g/mol. The highest BCUT2D eigenvalue weighted by Gasteiger charge is 2.28. The summed E-state index contributed by atoms with van der Waals surface area (Å²) in [6.07, 6.45) is 5.08. The maximum Gasteiger partial charge on any atom is 0.0406 e. The van der Waals surface area contributed by atoms with Gasteiger partial charge in [0, 0.05) is 23.7 Å². The van der Waals surface area contributed by atoms with Crippen LogP contribution in [0.3, 0.4) is 0 Å². The lowest BCUT2D eigenvalue weighted by molar-refractivity contribution is 0.218. The first-order valence-electron chi connectivity index (χ1n) is 6.82. The molecular weight excluding hydrogens is 244 g/mol. The third-order valence-electron chi connectivity index (χ3n) is 4.08. The van der Waals surface area contributed by atoms with Crippen molar-refractivity contribution in [3.05, 3.63) is 34.9 Å². The van der Waals surface area contributed by atoms with Crippen molar-refractivity contribution in [2.45, 2.75) is 37.8 Å². The molecule has 0 aliphatic heterocycles. The molecule has 0 bridgehead atoms. The van der Waals surface area contributed by atoms with Crippen LogP contribution in [0.15, 0.2) is 24.3 Å². The fourth-order valence-electron chi connectivity index (χ4n) is 2.93. The summed E-state index contributed by atoms with van der Waals surface area (Å²) < 4.78 is 0. The Kier molecular flexibility index (Phi) is 5.04. The van der Waals surface area contributed by atoms with Gasteiger partial charge in [-0.2, -0.15) is 0 Å². The number of hydrogen-bond acceptors (Lipinski definition) is 2. The van der Waals surface area contributed by atoms with Crippen molar-refractivity contribution in [1.29, 1.82) is 0 Å². The van der Waals surface area contributed by atoms with Gasteiger partial charge < -0.3 is 10.2 Å². The van der Waals surface area contributed by atoms with Gasteiger partial charge in [-0.25, -0.2) is 0 Å². The van der Waals surface area contributed by atoms with Crippen LogP contribution in [0.1, 0.15) is 24.8 Å². The van der Waals surface area contributed by atoms with Crippen LogP contribution in [-0.4, -0.2) is 37.6 Å². The highest BCUT2D eigenvalue weighted by atomic mass is 35.5. The molecule has 1 aromatic carbocycles. The molecule has 0 saturated heterocycles. The first-order valence-corrected chi connectivity index (χ1v) is 7.20. The number of rotatable bonds is 5. The Labute approximate surface area is 115 Å².